The van der Waals surface area contributed by atoms with E-state index in [4.69, 9.17) is 11.6 Å². The van der Waals surface area contributed by atoms with Gasteiger partial charge in [0, 0.05) is 5.88 Å². The van der Waals surface area contributed by atoms with Gasteiger partial charge < -0.3 is 0 Å². The van der Waals surface area contributed by atoms with Crippen LogP contribution < -0.4 is 0 Å². The molecular formula is C20H39Cl. The molecular weight excluding hydrogens is 276 g/mol. The summed E-state index contributed by atoms with van der Waals surface area (Å²) in [4.78, 5) is 0. The van der Waals surface area contributed by atoms with E-state index in [2.05, 4.69) is 40.7 Å². The molecule has 0 aromatic rings. The van der Waals surface area contributed by atoms with E-state index in [1.54, 1.807) is 0 Å². The summed E-state index contributed by atoms with van der Waals surface area (Å²) in [7, 11) is 0. The van der Waals surface area contributed by atoms with Gasteiger partial charge in [0.2, 0.25) is 0 Å². The Morgan fingerprint density at radius 2 is 1.29 bits per heavy atom. The van der Waals surface area contributed by atoms with Gasteiger partial charge in [0.15, 0.2) is 0 Å². The van der Waals surface area contributed by atoms with Gasteiger partial charge >= 0.3 is 0 Å². The van der Waals surface area contributed by atoms with Gasteiger partial charge in [0.25, 0.3) is 0 Å². The van der Waals surface area contributed by atoms with Crippen LogP contribution in [0.2, 0.25) is 0 Å². The van der Waals surface area contributed by atoms with Crippen molar-refractivity contribution in [1.82, 2.24) is 0 Å². The molecule has 2 unspecified atom stereocenters. The van der Waals surface area contributed by atoms with Crippen LogP contribution in [0.1, 0.15) is 92.4 Å². The molecule has 0 aliphatic heterocycles. The van der Waals surface area contributed by atoms with Gasteiger partial charge in [-0.15, -0.1) is 11.6 Å². The van der Waals surface area contributed by atoms with E-state index < -0.39 is 0 Å². The van der Waals surface area contributed by atoms with Crippen LogP contribution in [0, 0.1) is 17.8 Å². The Kier molecular flexibility index (Phi) is 13.7. The Balaban J connectivity index is 3.52. The van der Waals surface area contributed by atoms with E-state index in [9.17, 15) is 0 Å². The van der Waals surface area contributed by atoms with Crippen LogP contribution in [0.3, 0.4) is 0 Å². The molecule has 21 heavy (non-hydrogen) atoms. The first-order valence-electron chi connectivity index (χ1n) is 9.17. The lowest BCUT2D eigenvalue weighted by atomic mass is 9.91. The summed E-state index contributed by atoms with van der Waals surface area (Å²) in [6.07, 6.45) is 14.6. The monoisotopic (exact) mass is 314 g/mol. The molecule has 126 valence electrons. The zero-order chi connectivity index (χ0) is 16.1. The second-order valence-corrected chi connectivity index (χ2v) is 7.87. The molecule has 0 aliphatic carbocycles. The summed E-state index contributed by atoms with van der Waals surface area (Å²) < 4.78 is 0. The van der Waals surface area contributed by atoms with E-state index in [0.29, 0.717) is 5.88 Å². The van der Waals surface area contributed by atoms with Crippen molar-refractivity contribution in [2.75, 3.05) is 5.88 Å². The van der Waals surface area contributed by atoms with Crippen molar-refractivity contribution in [2.24, 2.45) is 17.8 Å². The lowest BCUT2D eigenvalue weighted by molar-refractivity contribution is 0.389. The molecule has 0 N–H and O–H groups in total. The standard InChI is InChI=1S/C20H39Cl/c1-17(2)9-6-10-18(3)11-7-12-19(4)13-8-14-20(5)15-16-21/h15,17-19H,6-14,16H2,1-5H3/b20-15-. The topological polar surface area (TPSA) is 0 Å². The van der Waals surface area contributed by atoms with Crippen molar-refractivity contribution in [1.29, 1.82) is 0 Å². The Morgan fingerprint density at radius 3 is 1.76 bits per heavy atom. The van der Waals surface area contributed by atoms with Crippen LogP contribution in [-0.2, 0) is 0 Å². The SMILES string of the molecule is C/C(=C/CCl)CCCC(C)CCCC(C)CCCC(C)C. The van der Waals surface area contributed by atoms with Crippen LogP contribution in [-0.4, -0.2) is 5.88 Å². The maximum absolute atomic E-state index is 5.71. The molecule has 1 heteroatoms. The number of allylic oxidation sites excluding steroid dienone is 2. The Hall–Kier alpha value is 0.0300. The summed E-state index contributed by atoms with van der Waals surface area (Å²) in [5.74, 6) is 3.34. The van der Waals surface area contributed by atoms with Gasteiger partial charge in [0.05, 0.1) is 0 Å². The summed E-state index contributed by atoms with van der Waals surface area (Å²) in [6, 6.07) is 0. The number of alkyl halides is 1. The third kappa shape index (κ3) is 14.7. The van der Waals surface area contributed by atoms with Gasteiger partial charge in [-0.2, -0.15) is 0 Å². The smallest absolute Gasteiger partial charge is 0.0406 e. The minimum Gasteiger partial charge on any atom is -0.122 e. The molecule has 0 aromatic heterocycles. The van der Waals surface area contributed by atoms with Crippen LogP contribution in [0.4, 0.5) is 0 Å². The average molecular weight is 315 g/mol. The molecule has 0 aromatic carbocycles. The van der Waals surface area contributed by atoms with E-state index in [1.807, 2.05) is 0 Å². The van der Waals surface area contributed by atoms with Crippen LogP contribution in [0.15, 0.2) is 11.6 Å². The van der Waals surface area contributed by atoms with Gasteiger partial charge in [-0.25, -0.2) is 0 Å². The number of rotatable bonds is 13. The molecule has 0 rings (SSSR count). The third-order valence-corrected chi connectivity index (χ3v) is 4.72. The van der Waals surface area contributed by atoms with E-state index >= 15 is 0 Å². The highest BCUT2D eigenvalue weighted by Gasteiger charge is 2.06. The van der Waals surface area contributed by atoms with Crippen molar-refractivity contribution < 1.29 is 0 Å². The molecule has 0 heterocycles. The van der Waals surface area contributed by atoms with Crippen molar-refractivity contribution in [3.63, 3.8) is 0 Å². The van der Waals surface area contributed by atoms with E-state index in [-0.39, 0.29) is 0 Å². The Bertz CT molecular complexity index is 255. The molecule has 0 aliphatic rings. The van der Waals surface area contributed by atoms with Gasteiger partial charge in [-0.1, -0.05) is 84.3 Å². The zero-order valence-corrected chi connectivity index (χ0v) is 16.0. The maximum Gasteiger partial charge on any atom is 0.0406 e. The number of halogens is 1. The van der Waals surface area contributed by atoms with Gasteiger partial charge in [-0.05, 0) is 37.5 Å². The predicted octanol–water partition coefficient (Wildman–Crippen LogP) is 7.61. The fourth-order valence-corrected chi connectivity index (χ4v) is 3.20. The summed E-state index contributed by atoms with van der Waals surface area (Å²) in [5.41, 5.74) is 1.45. The van der Waals surface area contributed by atoms with Crippen molar-refractivity contribution in [3.8, 4) is 0 Å². The minimum atomic E-state index is 0.663. The largest absolute Gasteiger partial charge is 0.122 e. The first-order chi connectivity index (χ1) is 9.95. The van der Waals surface area contributed by atoms with Gasteiger partial charge in [0.1, 0.15) is 0 Å². The fraction of sp³-hybridized carbons (Fsp3) is 0.900. The quantitative estimate of drug-likeness (QED) is 0.242. The molecule has 0 amide bonds. The second-order valence-electron chi connectivity index (χ2n) is 7.56. The van der Waals surface area contributed by atoms with E-state index in [0.717, 1.165) is 17.8 Å². The van der Waals surface area contributed by atoms with Crippen molar-refractivity contribution in [3.05, 3.63) is 11.6 Å². The predicted molar refractivity (Wildman–Crippen MR) is 99.2 cm³/mol. The molecule has 2 atom stereocenters. The molecule has 0 nitrogen and oxygen atoms in total. The van der Waals surface area contributed by atoms with Crippen LogP contribution in [0.5, 0.6) is 0 Å². The van der Waals surface area contributed by atoms with Crippen LogP contribution >= 0.6 is 11.6 Å². The van der Waals surface area contributed by atoms with Crippen molar-refractivity contribution in [2.45, 2.75) is 92.4 Å². The average Bonchev–Trinajstić information content (AvgIpc) is 2.38. The Labute approximate surface area is 139 Å². The summed E-state index contributed by atoms with van der Waals surface area (Å²) in [5, 5.41) is 0. The molecule has 0 saturated carbocycles. The molecule has 0 bridgehead atoms. The summed E-state index contributed by atoms with van der Waals surface area (Å²) >= 11 is 5.71. The number of hydrogen-bond donors (Lipinski definition) is 0. The zero-order valence-electron chi connectivity index (χ0n) is 15.3. The first-order valence-corrected chi connectivity index (χ1v) is 9.70. The Morgan fingerprint density at radius 1 is 0.810 bits per heavy atom. The normalized spacial score (nSPS) is 15.5. The highest BCUT2D eigenvalue weighted by molar-refractivity contribution is 6.18. The summed E-state index contributed by atoms with van der Waals surface area (Å²) in [6.45, 7) is 11.7. The third-order valence-electron chi connectivity index (χ3n) is 4.57. The second kappa shape index (κ2) is 13.7. The van der Waals surface area contributed by atoms with Gasteiger partial charge in [-0.3, -0.25) is 0 Å². The first kappa shape index (κ1) is 21.0. The fourth-order valence-electron chi connectivity index (χ4n) is 2.94. The van der Waals surface area contributed by atoms with Crippen molar-refractivity contribution >= 4 is 11.6 Å². The lowest BCUT2D eigenvalue weighted by Gasteiger charge is -2.15. The highest BCUT2D eigenvalue weighted by atomic mass is 35.5. The highest BCUT2D eigenvalue weighted by Crippen LogP contribution is 2.21. The molecule has 0 fully saturated rings. The molecule has 0 saturated heterocycles. The lowest BCUT2D eigenvalue weighted by Crippen LogP contribution is -2.00. The minimum absolute atomic E-state index is 0.663. The molecule has 0 radical (unpaired) electrons. The number of hydrogen-bond acceptors (Lipinski definition) is 0. The van der Waals surface area contributed by atoms with Crippen LogP contribution in [0.25, 0.3) is 0 Å². The molecule has 0 spiro atoms. The maximum atomic E-state index is 5.71. The van der Waals surface area contributed by atoms with E-state index in [1.165, 1.54) is 63.4 Å².